The minimum absolute atomic E-state index is 1.02. The molecule has 54 heavy (non-hydrogen) atoms. The van der Waals surface area contributed by atoms with Gasteiger partial charge in [0.05, 0.1) is 0 Å². The highest BCUT2D eigenvalue weighted by Gasteiger charge is 2.23. The Kier molecular flexibility index (Phi) is 7.10. The first-order valence-electron chi connectivity index (χ1n) is 19.1. The van der Waals surface area contributed by atoms with E-state index < -0.39 is 0 Å². The number of benzene rings is 10. The molecule has 1 aliphatic carbocycles. The van der Waals surface area contributed by atoms with Gasteiger partial charge in [0.15, 0.2) is 0 Å². The normalized spacial score (nSPS) is 12.6. The molecular weight excluding hydrogens is 649 g/mol. The molecule has 0 nitrogen and oxygen atoms in total. The summed E-state index contributed by atoms with van der Waals surface area (Å²) in [6.45, 7) is 0. The fourth-order valence-electron chi connectivity index (χ4n) is 9.42. The van der Waals surface area contributed by atoms with Crippen molar-refractivity contribution in [1.82, 2.24) is 0 Å². The van der Waals surface area contributed by atoms with Gasteiger partial charge in [-0.2, -0.15) is 0 Å². The highest BCUT2D eigenvalue weighted by Crippen LogP contribution is 2.48. The van der Waals surface area contributed by atoms with Crippen LogP contribution in [0.1, 0.15) is 17.5 Å². The van der Waals surface area contributed by atoms with Crippen LogP contribution in [0.4, 0.5) is 0 Å². The lowest BCUT2D eigenvalue weighted by molar-refractivity contribution is 0.991. The van der Waals surface area contributed by atoms with E-state index in [4.69, 9.17) is 0 Å². The number of allylic oxidation sites excluding steroid dienone is 1. The molecule has 10 aromatic carbocycles. The second kappa shape index (κ2) is 12.4. The van der Waals surface area contributed by atoms with Gasteiger partial charge >= 0.3 is 0 Å². The first-order chi connectivity index (χ1) is 26.8. The standard InChI is InChI=1S/C54H36/c1-3-19-39-35(15-1)17-13-29-41(39)53-47-25-9-5-21-43(47)51(44-22-6-10-26-48(44)53)37-31-33-38(34-32-37)52-45-23-7-11-27-49(45)54(50-28-12-8-24-46(50)52)42-30-14-18-36-16-2-4-20-40(36)42/h1-7,9-23,25-34H,8,24H2. The summed E-state index contributed by atoms with van der Waals surface area (Å²) in [6, 6.07) is 67.5. The molecule has 0 fully saturated rings. The van der Waals surface area contributed by atoms with Crippen LogP contribution in [0.25, 0.3) is 104 Å². The van der Waals surface area contributed by atoms with E-state index in [1.165, 1.54) is 109 Å². The maximum atomic E-state index is 2.38. The van der Waals surface area contributed by atoms with E-state index in [1.807, 2.05) is 0 Å². The van der Waals surface area contributed by atoms with Crippen LogP contribution in [0.2, 0.25) is 0 Å². The average molecular weight is 685 g/mol. The van der Waals surface area contributed by atoms with Crippen molar-refractivity contribution >= 4 is 59.9 Å². The Hall–Kier alpha value is -6.76. The second-order valence-corrected chi connectivity index (χ2v) is 14.6. The molecular formula is C54H36. The average Bonchev–Trinajstić information content (AvgIpc) is 3.24. The molecule has 0 N–H and O–H groups in total. The highest BCUT2D eigenvalue weighted by molar-refractivity contribution is 6.23. The molecule has 0 heterocycles. The summed E-state index contributed by atoms with van der Waals surface area (Å²) in [6.07, 6.45) is 6.82. The lowest BCUT2D eigenvalue weighted by atomic mass is 9.79. The van der Waals surface area contributed by atoms with Gasteiger partial charge < -0.3 is 0 Å². The first-order valence-corrected chi connectivity index (χ1v) is 19.1. The number of fused-ring (bicyclic) bond motifs is 6. The lowest BCUT2D eigenvalue weighted by Gasteiger charge is -2.24. The summed E-state index contributed by atoms with van der Waals surface area (Å²) in [4.78, 5) is 0. The van der Waals surface area contributed by atoms with E-state index in [1.54, 1.807) is 0 Å². The minimum Gasteiger partial charge on any atom is -0.0836 e. The number of rotatable bonds is 4. The Morgan fingerprint density at radius 1 is 0.296 bits per heavy atom. The monoisotopic (exact) mass is 684 g/mol. The Balaban J connectivity index is 1.13. The third kappa shape index (κ3) is 4.70. The smallest absolute Gasteiger partial charge is 0.00201 e. The van der Waals surface area contributed by atoms with E-state index in [2.05, 4.69) is 194 Å². The zero-order chi connectivity index (χ0) is 35.6. The van der Waals surface area contributed by atoms with Crippen LogP contribution in [0.15, 0.2) is 188 Å². The predicted octanol–water partition coefficient (Wildman–Crippen LogP) is 15.1. The quantitative estimate of drug-likeness (QED) is 0.162. The van der Waals surface area contributed by atoms with Gasteiger partial charge in [0, 0.05) is 0 Å². The van der Waals surface area contributed by atoms with Crippen molar-refractivity contribution in [2.75, 3.05) is 0 Å². The van der Waals surface area contributed by atoms with Gasteiger partial charge in [-0.25, -0.2) is 0 Å². The van der Waals surface area contributed by atoms with E-state index in [0.717, 1.165) is 12.8 Å². The molecule has 0 amide bonds. The fraction of sp³-hybridized carbons (Fsp3) is 0.0370. The molecule has 11 rings (SSSR count). The molecule has 252 valence electrons. The zero-order valence-electron chi connectivity index (χ0n) is 29.9. The van der Waals surface area contributed by atoms with Crippen molar-refractivity contribution in [3.63, 3.8) is 0 Å². The molecule has 0 saturated carbocycles. The van der Waals surface area contributed by atoms with Crippen molar-refractivity contribution < 1.29 is 0 Å². The largest absolute Gasteiger partial charge is 0.0836 e. The second-order valence-electron chi connectivity index (χ2n) is 14.6. The molecule has 10 aromatic rings. The Morgan fingerprint density at radius 3 is 1.22 bits per heavy atom. The van der Waals surface area contributed by atoms with E-state index in [9.17, 15) is 0 Å². The molecule has 0 saturated heterocycles. The molecule has 0 spiro atoms. The summed E-state index contributed by atoms with van der Waals surface area (Å²) >= 11 is 0. The van der Waals surface area contributed by atoms with Crippen LogP contribution < -0.4 is 0 Å². The fourth-order valence-corrected chi connectivity index (χ4v) is 9.42. The van der Waals surface area contributed by atoms with Crippen LogP contribution in [-0.4, -0.2) is 0 Å². The molecule has 0 atom stereocenters. The van der Waals surface area contributed by atoms with Gasteiger partial charge in [-0.15, -0.1) is 0 Å². The maximum absolute atomic E-state index is 2.38. The van der Waals surface area contributed by atoms with Crippen molar-refractivity contribution in [2.24, 2.45) is 0 Å². The summed E-state index contributed by atoms with van der Waals surface area (Å²) in [5, 5.41) is 12.9. The zero-order valence-corrected chi connectivity index (χ0v) is 29.9. The minimum atomic E-state index is 1.02. The van der Waals surface area contributed by atoms with Crippen molar-refractivity contribution in [1.29, 1.82) is 0 Å². The molecule has 0 aromatic heterocycles. The van der Waals surface area contributed by atoms with Gasteiger partial charge in [-0.05, 0) is 122 Å². The lowest BCUT2D eigenvalue weighted by Crippen LogP contribution is -2.02. The number of hydrogen-bond acceptors (Lipinski definition) is 0. The van der Waals surface area contributed by atoms with Crippen molar-refractivity contribution in [2.45, 2.75) is 12.8 Å². The maximum Gasteiger partial charge on any atom is -0.00201 e. The van der Waals surface area contributed by atoms with Crippen molar-refractivity contribution in [3.05, 3.63) is 199 Å². The van der Waals surface area contributed by atoms with Gasteiger partial charge in [-0.3, -0.25) is 0 Å². The van der Waals surface area contributed by atoms with Crippen LogP contribution in [0, 0.1) is 0 Å². The molecule has 0 heteroatoms. The highest BCUT2D eigenvalue weighted by atomic mass is 14.3. The van der Waals surface area contributed by atoms with Gasteiger partial charge in [-0.1, -0.05) is 194 Å². The molecule has 0 bridgehead atoms. The van der Waals surface area contributed by atoms with E-state index >= 15 is 0 Å². The summed E-state index contributed by atoms with van der Waals surface area (Å²) < 4.78 is 0. The van der Waals surface area contributed by atoms with E-state index in [0.29, 0.717) is 0 Å². The first kappa shape index (κ1) is 30.8. The Morgan fingerprint density at radius 2 is 0.685 bits per heavy atom. The van der Waals surface area contributed by atoms with Gasteiger partial charge in [0.25, 0.3) is 0 Å². The molecule has 0 aliphatic heterocycles. The van der Waals surface area contributed by atoms with Crippen LogP contribution >= 0.6 is 0 Å². The van der Waals surface area contributed by atoms with Crippen molar-refractivity contribution in [3.8, 4) is 44.5 Å². The summed E-state index contributed by atoms with van der Waals surface area (Å²) in [5.74, 6) is 0. The van der Waals surface area contributed by atoms with E-state index in [-0.39, 0.29) is 0 Å². The molecule has 1 aliphatic rings. The number of hydrogen-bond donors (Lipinski definition) is 0. The SMILES string of the molecule is C1=Cc2c(c(-c3ccc(-c4c5ccccc5c(-c5cccc6ccccc56)c5ccccc45)cc3)c3ccccc3c2-c2cccc3ccccc23)CC1. The topological polar surface area (TPSA) is 0 Å². The van der Waals surface area contributed by atoms with Gasteiger partial charge in [0.1, 0.15) is 0 Å². The third-order valence-corrected chi connectivity index (χ3v) is 11.7. The third-order valence-electron chi connectivity index (χ3n) is 11.7. The van der Waals surface area contributed by atoms with Gasteiger partial charge in [0.2, 0.25) is 0 Å². The Labute approximate surface area is 315 Å². The Bertz CT molecular complexity index is 3070. The summed E-state index contributed by atoms with van der Waals surface area (Å²) in [5.41, 5.74) is 13.2. The van der Waals surface area contributed by atoms with Crippen LogP contribution in [0.5, 0.6) is 0 Å². The summed E-state index contributed by atoms with van der Waals surface area (Å²) in [7, 11) is 0. The predicted molar refractivity (Wildman–Crippen MR) is 233 cm³/mol. The molecule has 0 unspecified atom stereocenters. The van der Waals surface area contributed by atoms with Crippen LogP contribution in [0.3, 0.4) is 0 Å². The van der Waals surface area contributed by atoms with Crippen LogP contribution in [-0.2, 0) is 6.42 Å². The molecule has 0 radical (unpaired) electrons.